The number of rotatable bonds is 3. The number of hydrogen-bond acceptors (Lipinski definition) is 3. The van der Waals surface area contributed by atoms with Crippen LogP contribution in [0, 0.1) is 0 Å². The van der Waals surface area contributed by atoms with Crippen molar-refractivity contribution < 1.29 is 22.7 Å². The molecule has 23 heavy (non-hydrogen) atoms. The van der Waals surface area contributed by atoms with E-state index in [9.17, 15) is 18.0 Å². The van der Waals surface area contributed by atoms with Crippen LogP contribution < -0.4 is 4.74 Å². The first-order chi connectivity index (χ1) is 10.8. The van der Waals surface area contributed by atoms with Crippen molar-refractivity contribution in [1.82, 2.24) is 14.7 Å². The SMILES string of the molecule is CN1C[C@H]2CN(Cc3cccc(OC(F)(F)F)c3)CCN2C1=O. The molecule has 2 aliphatic rings. The zero-order chi connectivity index (χ0) is 16.6. The van der Waals surface area contributed by atoms with Crippen molar-refractivity contribution in [1.29, 1.82) is 0 Å². The predicted molar refractivity (Wildman–Crippen MR) is 76.9 cm³/mol. The molecule has 8 heteroatoms. The van der Waals surface area contributed by atoms with Gasteiger partial charge < -0.3 is 14.5 Å². The first-order valence-corrected chi connectivity index (χ1v) is 7.40. The predicted octanol–water partition coefficient (Wildman–Crippen LogP) is 2.14. The van der Waals surface area contributed by atoms with Crippen LogP contribution >= 0.6 is 0 Å². The molecule has 0 radical (unpaired) electrons. The Kier molecular flexibility index (Phi) is 4.09. The van der Waals surface area contributed by atoms with Crippen LogP contribution in [0.15, 0.2) is 24.3 Å². The maximum absolute atomic E-state index is 12.3. The second-order valence-electron chi connectivity index (χ2n) is 5.94. The first kappa shape index (κ1) is 15.9. The monoisotopic (exact) mass is 329 g/mol. The summed E-state index contributed by atoms with van der Waals surface area (Å²) in [7, 11) is 1.78. The van der Waals surface area contributed by atoms with Crippen molar-refractivity contribution in [3.8, 4) is 5.75 Å². The summed E-state index contributed by atoms with van der Waals surface area (Å²) in [6.45, 7) is 3.30. The molecule has 0 aliphatic carbocycles. The third kappa shape index (κ3) is 3.69. The van der Waals surface area contributed by atoms with E-state index in [0.717, 1.165) is 12.1 Å². The van der Waals surface area contributed by atoms with E-state index in [1.165, 1.54) is 12.1 Å². The summed E-state index contributed by atoms with van der Waals surface area (Å²) in [5.41, 5.74) is 0.762. The molecule has 2 heterocycles. The van der Waals surface area contributed by atoms with E-state index in [1.54, 1.807) is 24.1 Å². The van der Waals surface area contributed by atoms with Gasteiger partial charge in [0.15, 0.2) is 0 Å². The fourth-order valence-electron chi connectivity index (χ4n) is 3.18. The smallest absolute Gasteiger partial charge is 0.406 e. The molecule has 3 rings (SSSR count). The molecule has 0 N–H and O–H groups in total. The largest absolute Gasteiger partial charge is 0.573 e. The van der Waals surface area contributed by atoms with Crippen LogP contribution in [-0.2, 0) is 6.54 Å². The van der Waals surface area contributed by atoms with Crippen molar-refractivity contribution in [2.24, 2.45) is 0 Å². The van der Waals surface area contributed by atoms with E-state index in [1.807, 2.05) is 4.90 Å². The van der Waals surface area contributed by atoms with Gasteiger partial charge in [0.25, 0.3) is 0 Å². The molecular weight excluding hydrogens is 311 g/mol. The second kappa shape index (κ2) is 5.92. The quantitative estimate of drug-likeness (QED) is 0.852. The number of ether oxygens (including phenoxy) is 1. The molecule has 2 aliphatic heterocycles. The number of alkyl halides is 3. The van der Waals surface area contributed by atoms with Crippen LogP contribution in [0.2, 0.25) is 0 Å². The molecular formula is C15H18F3N3O2. The van der Waals surface area contributed by atoms with Gasteiger partial charge in [-0.2, -0.15) is 0 Å². The third-order valence-corrected chi connectivity index (χ3v) is 4.16. The van der Waals surface area contributed by atoms with E-state index >= 15 is 0 Å². The molecule has 1 aromatic rings. The minimum atomic E-state index is -4.68. The van der Waals surface area contributed by atoms with E-state index < -0.39 is 6.36 Å². The van der Waals surface area contributed by atoms with Gasteiger partial charge in [0.2, 0.25) is 0 Å². The van der Waals surface area contributed by atoms with Crippen molar-refractivity contribution in [2.45, 2.75) is 18.9 Å². The number of benzene rings is 1. The molecule has 1 aromatic carbocycles. The van der Waals surface area contributed by atoms with Gasteiger partial charge in [-0.25, -0.2) is 4.79 Å². The highest BCUT2D eigenvalue weighted by Gasteiger charge is 2.38. The number of piperazine rings is 1. The number of fused-ring (bicyclic) bond motifs is 1. The summed E-state index contributed by atoms with van der Waals surface area (Å²) < 4.78 is 40.8. The summed E-state index contributed by atoms with van der Waals surface area (Å²) in [5, 5.41) is 0. The number of amides is 2. The summed E-state index contributed by atoms with van der Waals surface area (Å²) in [6.07, 6.45) is -4.68. The fourth-order valence-corrected chi connectivity index (χ4v) is 3.18. The van der Waals surface area contributed by atoms with Crippen molar-refractivity contribution >= 4 is 6.03 Å². The number of carbonyl (C=O) groups excluding carboxylic acids is 1. The van der Waals surface area contributed by atoms with Gasteiger partial charge in [-0.1, -0.05) is 12.1 Å². The highest BCUT2D eigenvalue weighted by atomic mass is 19.4. The molecule has 2 fully saturated rings. The second-order valence-corrected chi connectivity index (χ2v) is 5.94. The number of halogens is 3. The number of likely N-dealkylation sites (N-methyl/N-ethyl adjacent to an activating group) is 1. The lowest BCUT2D eigenvalue weighted by Gasteiger charge is -2.36. The lowest BCUT2D eigenvalue weighted by atomic mass is 10.1. The average Bonchev–Trinajstić information content (AvgIpc) is 2.72. The number of nitrogens with zero attached hydrogens (tertiary/aromatic N) is 3. The Balaban J connectivity index is 1.62. The number of urea groups is 1. The fraction of sp³-hybridized carbons (Fsp3) is 0.533. The summed E-state index contributed by atoms with van der Waals surface area (Å²) in [4.78, 5) is 17.6. The standard InChI is InChI=1S/C15H18F3N3O2/c1-19-9-12-10-20(5-6-21(12)14(19)22)8-11-3-2-4-13(7-11)23-15(16,17)18/h2-4,7,12H,5-6,8-10H2,1H3/t12-/m0/s1. The van der Waals surface area contributed by atoms with Crippen LogP contribution in [0.3, 0.4) is 0 Å². The molecule has 0 bridgehead atoms. The summed E-state index contributed by atoms with van der Waals surface area (Å²) in [5.74, 6) is -0.204. The molecule has 2 amide bonds. The van der Waals surface area contributed by atoms with E-state index in [0.29, 0.717) is 26.2 Å². The molecule has 1 atom stereocenters. The maximum atomic E-state index is 12.3. The third-order valence-electron chi connectivity index (χ3n) is 4.16. The lowest BCUT2D eigenvalue weighted by molar-refractivity contribution is -0.274. The summed E-state index contributed by atoms with van der Waals surface area (Å²) in [6, 6.07) is 6.23. The molecule has 5 nitrogen and oxygen atoms in total. The zero-order valence-corrected chi connectivity index (χ0v) is 12.7. The first-order valence-electron chi connectivity index (χ1n) is 7.40. The van der Waals surface area contributed by atoms with Gasteiger partial charge in [0.05, 0.1) is 6.04 Å². The normalized spacial score (nSPS) is 22.4. The highest BCUT2D eigenvalue weighted by molar-refractivity contribution is 5.77. The topological polar surface area (TPSA) is 36.0 Å². The molecule has 2 saturated heterocycles. The Labute approximate surface area is 132 Å². The van der Waals surface area contributed by atoms with Gasteiger partial charge in [-0.3, -0.25) is 4.90 Å². The Morgan fingerprint density at radius 1 is 1.26 bits per heavy atom. The van der Waals surface area contributed by atoms with Gasteiger partial charge in [0.1, 0.15) is 5.75 Å². The van der Waals surface area contributed by atoms with Gasteiger partial charge in [-0.15, -0.1) is 13.2 Å². The van der Waals surface area contributed by atoms with E-state index in [-0.39, 0.29) is 17.8 Å². The Morgan fingerprint density at radius 2 is 2.04 bits per heavy atom. The maximum Gasteiger partial charge on any atom is 0.573 e. The zero-order valence-electron chi connectivity index (χ0n) is 12.7. The van der Waals surface area contributed by atoms with E-state index in [4.69, 9.17) is 0 Å². The van der Waals surface area contributed by atoms with Crippen LogP contribution in [0.4, 0.5) is 18.0 Å². The van der Waals surface area contributed by atoms with E-state index in [2.05, 4.69) is 9.64 Å². The summed E-state index contributed by atoms with van der Waals surface area (Å²) >= 11 is 0. The van der Waals surface area contributed by atoms with Crippen LogP contribution in [0.5, 0.6) is 5.75 Å². The molecule has 0 saturated carbocycles. The van der Waals surface area contributed by atoms with Crippen LogP contribution in [-0.4, -0.2) is 66.4 Å². The average molecular weight is 329 g/mol. The number of carbonyl (C=O) groups is 1. The molecule has 126 valence electrons. The van der Waals surface area contributed by atoms with Gasteiger partial charge in [0, 0.05) is 39.8 Å². The Hall–Kier alpha value is -1.96. The Morgan fingerprint density at radius 3 is 2.78 bits per heavy atom. The van der Waals surface area contributed by atoms with Gasteiger partial charge >= 0.3 is 12.4 Å². The van der Waals surface area contributed by atoms with Crippen molar-refractivity contribution in [3.63, 3.8) is 0 Å². The molecule has 0 spiro atoms. The minimum Gasteiger partial charge on any atom is -0.406 e. The van der Waals surface area contributed by atoms with Gasteiger partial charge in [-0.05, 0) is 17.7 Å². The molecule has 0 unspecified atom stereocenters. The van der Waals surface area contributed by atoms with Crippen LogP contribution in [0.25, 0.3) is 0 Å². The Bertz CT molecular complexity index is 594. The van der Waals surface area contributed by atoms with Crippen LogP contribution in [0.1, 0.15) is 5.56 Å². The van der Waals surface area contributed by atoms with Crippen molar-refractivity contribution in [2.75, 3.05) is 33.2 Å². The number of hydrogen-bond donors (Lipinski definition) is 0. The minimum absolute atomic E-state index is 0.0511. The van der Waals surface area contributed by atoms with Crippen molar-refractivity contribution in [3.05, 3.63) is 29.8 Å². The lowest BCUT2D eigenvalue weighted by Crippen LogP contribution is -2.51. The highest BCUT2D eigenvalue weighted by Crippen LogP contribution is 2.25. The molecule has 0 aromatic heterocycles.